The maximum atomic E-state index is 11.7. The molecule has 0 atom stereocenters. The van der Waals surface area contributed by atoms with Crippen molar-refractivity contribution in [2.45, 2.75) is 33.9 Å². The van der Waals surface area contributed by atoms with Crippen LogP contribution in [0.5, 0.6) is 0 Å². The molecule has 0 saturated carbocycles. The van der Waals surface area contributed by atoms with E-state index in [-0.39, 0.29) is 5.41 Å². The molecule has 0 heterocycles. The average molecular weight is 224 g/mol. The third kappa shape index (κ3) is 6.99. The Morgan fingerprint density at radius 3 is 2.07 bits per heavy atom. The number of hydrogen-bond acceptors (Lipinski definition) is 2. The summed E-state index contributed by atoms with van der Waals surface area (Å²) in [5, 5.41) is 0. The molecule has 0 amide bonds. The maximum Gasteiger partial charge on any atom is 0.422 e. The Kier molecular flexibility index (Phi) is 4.37. The van der Waals surface area contributed by atoms with Crippen LogP contribution in [-0.2, 0) is 9.53 Å². The lowest BCUT2D eigenvalue weighted by Crippen LogP contribution is -2.20. The third-order valence-electron chi connectivity index (χ3n) is 1.90. The van der Waals surface area contributed by atoms with E-state index < -0.39 is 18.8 Å². The van der Waals surface area contributed by atoms with Gasteiger partial charge in [0.1, 0.15) is 0 Å². The number of esters is 1. The van der Waals surface area contributed by atoms with Gasteiger partial charge in [-0.15, -0.1) is 0 Å². The summed E-state index contributed by atoms with van der Waals surface area (Å²) >= 11 is 0. The average Bonchev–Trinajstić information content (AvgIpc) is 1.97. The van der Waals surface area contributed by atoms with Crippen molar-refractivity contribution in [1.82, 2.24) is 0 Å². The zero-order valence-electron chi connectivity index (χ0n) is 9.23. The van der Waals surface area contributed by atoms with Crippen LogP contribution in [-0.4, -0.2) is 18.8 Å². The summed E-state index contributed by atoms with van der Waals surface area (Å²) in [7, 11) is 0. The second-order valence-corrected chi connectivity index (χ2v) is 4.30. The fourth-order valence-electron chi connectivity index (χ4n) is 0.588. The van der Waals surface area contributed by atoms with Crippen molar-refractivity contribution in [2.24, 2.45) is 5.41 Å². The molecule has 0 N–H and O–H groups in total. The first-order chi connectivity index (χ1) is 6.52. The molecule has 0 spiro atoms. The van der Waals surface area contributed by atoms with E-state index >= 15 is 0 Å². The van der Waals surface area contributed by atoms with Crippen LogP contribution in [0, 0.1) is 5.41 Å². The summed E-state index contributed by atoms with van der Waals surface area (Å²) in [6.45, 7) is 5.70. The summed E-state index contributed by atoms with van der Waals surface area (Å²) in [6, 6.07) is 0. The zero-order chi connectivity index (χ0) is 12.3. The van der Waals surface area contributed by atoms with Crippen molar-refractivity contribution in [1.29, 1.82) is 0 Å². The van der Waals surface area contributed by atoms with Crippen LogP contribution in [0.25, 0.3) is 0 Å². The number of ether oxygens (including phenoxy) is 1. The van der Waals surface area contributed by atoms with E-state index in [2.05, 4.69) is 4.74 Å². The van der Waals surface area contributed by atoms with Crippen molar-refractivity contribution in [3.8, 4) is 0 Å². The Morgan fingerprint density at radius 1 is 1.27 bits per heavy atom. The van der Waals surface area contributed by atoms with Crippen LogP contribution in [0.3, 0.4) is 0 Å². The smallest absolute Gasteiger partial charge is 0.422 e. The van der Waals surface area contributed by atoms with Gasteiger partial charge in [0.2, 0.25) is 0 Å². The van der Waals surface area contributed by atoms with Crippen LogP contribution in [0.4, 0.5) is 13.2 Å². The monoisotopic (exact) mass is 224 g/mol. The minimum Gasteiger partial charge on any atom is -0.453 e. The van der Waals surface area contributed by atoms with Gasteiger partial charge in [-0.1, -0.05) is 26.3 Å². The van der Waals surface area contributed by atoms with Gasteiger partial charge in [-0.3, -0.25) is 0 Å². The molecule has 0 aromatic rings. The molecule has 0 saturated heterocycles. The Bertz CT molecular complexity index is 259. The van der Waals surface area contributed by atoms with Gasteiger partial charge < -0.3 is 4.74 Å². The van der Waals surface area contributed by atoms with Crippen LogP contribution >= 0.6 is 0 Å². The molecule has 0 fully saturated rings. The highest BCUT2D eigenvalue weighted by Gasteiger charge is 2.29. The van der Waals surface area contributed by atoms with Gasteiger partial charge in [0, 0.05) is 6.08 Å². The van der Waals surface area contributed by atoms with Crippen LogP contribution in [0.2, 0.25) is 0 Å². The quantitative estimate of drug-likeness (QED) is 0.532. The van der Waals surface area contributed by atoms with Gasteiger partial charge in [-0.2, -0.15) is 13.2 Å². The highest BCUT2D eigenvalue weighted by molar-refractivity contribution is 5.82. The normalized spacial score (nSPS) is 13.9. The first kappa shape index (κ1) is 14.0. The number of carbonyl (C=O) groups excluding carboxylic acids is 1. The first-order valence-corrected chi connectivity index (χ1v) is 4.44. The molecule has 0 aromatic carbocycles. The number of hydrogen-bond donors (Lipinski definition) is 0. The highest BCUT2D eigenvalue weighted by Crippen LogP contribution is 2.24. The molecular weight excluding hydrogens is 209 g/mol. The lowest BCUT2D eigenvalue weighted by molar-refractivity contribution is -0.182. The molecule has 2 nitrogen and oxygen atoms in total. The van der Waals surface area contributed by atoms with Crippen molar-refractivity contribution < 1.29 is 22.7 Å². The summed E-state index contributed by atoms with van der Waals surface area (Å²) in [6.07, 6.45) is -3.38. The molecule has 0 unspecified atom stereocenters. The minimum absolute atomic E-state index is 0.253. The SMILES string of the molecule is C/C(=C\C(=O)OCC(F)(F)F)C(C)(C)C. The summed E-state index contributed by atoms with van der Waals surface area (Å²) in [5.74, 6) is -0.959. The van der Waals surface area contributed by atoms with Crippen molar-refractivity contribution in [2.75, 3.05) is 6.61 Å². The standard InChI is InChI=1S/C10H15F3O2/c1-7(9(2,3)4)5-8(14)15-6-10(11,12)13/h5H,6H2,1-4H3/b7-5+. The van der Waals surface area contributed by atoms with E-state index in [9.17, 15) is 18.0 Å². The van der Waals surface area contributed by atoms with Gasteiger partial charge in [0.15, 0.2) is 6.61 Å². The van der Waals surface area contributed by atoms with E-state index in [1.807, 2.05) is 20.8 Å². The number of alkyl halides is 3. The van der Waals surface area contributed by atoms with Crippen LogP contribution in [0.1, 0.15) is 27.7 Å². The predicted octanol–water partition coefficient (Wildman–Crippen LogP) is 3.08. The van der Waals surface area contributed by atoms with Gasteiger partial charge >= 0.3 is 12.1 Å². The second kappa shape index (κ2) is 4.68. The van der Waals surface area contributed by atoms with Crippen molar-refractivity contribution in [3.05, 3.63) is 11.6 Å². The summed E-state index contributed by atoms with van der Waals surface area (Å²) in [5.41, 5.74) is 0.423. The number of carbonyl (C=O) groups is 1. The Hall–Kier alpha value is -1.00. The fourth-order valence-corrected chi connectivity index (χ4v) is 0.588. The van der Waals surface area contributed by atoms with Gasteiger partial charge in [0.25, 0.3) is 0 Å². The summed E-state index contributed by atoms with van der Waals surface area (Å²) in [4.78, 5) is 10.9. The van der Waals surface area contributed by atoms with E-state index in [0.29, 0.717) is 5.57 Å². The molecule has 0 rings (SSSR count). The van der Waals surface area contributed by atoms with Crippen molar-refractivity contribution in [3.63, 3.8) is 0 Å². The molecule has 0 aromatic heterocycles. The second-order valence-electron chi connectivity index (χ2n) is 4.30. The van der Waals surface area contributed by atoms with E-state index in [1.54, 1.807) is 6.92 Å². The van der Waals surface area contributed by atoms with Crippen LogP contribution < -0.4 is 0 Å². The topological polar surface area (TPSA) is 26.3 Å². The van der Waals surface area contributed by atoms with E-state index in [0.717, 1.165) is 6.08 Å². The first-order valence-electron chi connectivity index (χ1n) is 4.44. The molecule has 88 valence electrons. The molecule has 0 bridgehead atoms. The van der Waals surface area contributed by atoms with E-state index in [4.69, 9.17) is 0 Å². The zero-order valence-corrected chi connectivity index (χ0v) is 9.23. The Labute approximate surface area is 87.1 Å². The lowest BCUT2D eigenvalue weighted by atomic mass is 9.87. The molecule has 5 heteroatoms. The number of halogens is 3. The summed E-state index contributed by atoms with van der Waals surface area (Å²) < 4.78 is 39.1. The fraction of sp³-hybridized carbons (Fsp3) is 0.700. The Morgan fingerprint density at radius 2 is 1.73 bits per heavy atom. The van der Waals surface area contributed by atoms with E-state index in [1.165, 1.54) is 0 Å². The molecule has 15 heavy (non-hydrogen) atoms. The molecule has 0 aliphatic rings. The van der Waals surface area contributed by atoms with Crippen molar-refractivity contribution >= 4 is 5.97 Å². The molecule has 0 aliphatic heterocycles. The predicted molar refractivity (Wildman–Crippen MR) is 50.2 cm³/mol. The largest absolute Gasteiger partial charge is 0.453 e. The number of rotatable bonds is 2. The molecule has 0 aliphatic carbocycles. The minimum atomic E-state index is -4.47. The third-order valence-corrected chi connectivity index (χ3v) is 1.90. The molecular formula is C10H15F3O2. The maximum absolute atomic E-state index is 11.7. The van der Waals surface area contributed by atoms with Gasteiger partial charge in [0.05, 0.1) is 0 Å². The Balaban J connectivity index is 4.27. The highest BCUT2D eigenvalue weighted by atomic mass is 19.4. The lowest BCUT2D eigenvalue weighted by Gasteiger charge is -2.19. The van der Waals surface area contributed by atoms with Gasteiger partial charge in [-0.05, 0) is 12.3 Å². The van der Waals surface area contributed by atoms with Gasteiger partial charge in [-0.25, -0.2) is 4.79 Å². The van der Waals surface area contributed by atoms with Crippen LogP contribution in [0.15, 0.2) is 11.6 Å². The number of allylic oxidation sites excluding steroid dienone is 1. The molecule has 0 radical (unpaired) electrons.